The normalized spacial score (nSPS) is 15.4. The monoisotopic (exact) mass is 414 g/mol. The van der Waals surface area contributed by atoms with Gasteiger partial charge in [0.2, 0.25) is 5.88 Å². The van der Waals surface area contributed by atoms with E-state index >= 15 is 0 Å². The Hall–Kier alpha value is -3.60. The van der Waals surface area contributed by atoms with Crippen LogP contribution >= 0.6 is 0 Å². The van der Waals surface area contributed by atoms with Crippen LogP contribution in [0.4, 0.5) is 0 Å². The number of allylic oxidation sites excluding steroid dienone is 4. The zero-order valence-electron chi connectivity index (χ0n) is 17.8. The fourth-order valence-electron chi connectivity index (χ4n) is 3.44. The maximum Gasteiger partial charge on any atom is 0.259 e. The van der Waals surface area contributed by atoms with Crippen molar-refractivity contribution >= 4 is 5.91 Å². The van der Waals surface area contributed by atoms with Gasteiger partial charge in [0, 0.05) is 18.2 Å². The third kappa shape index (κ3) is 5.31. The van der Waals surface area contributed by atoms with Gasteiger partial charge in [-0.1, -0.05) is 61.9 Å². The zero-order valence-corrected chi connectivity index (χ0v) is 17.8. The van der Waals surface area contributed by atoms with E-state index in [-0.39, 0.29) is 11.8 Å². The molecule has 2 aromatic rings. The van der Waals surface area contributed by atoms with Crippen LogP contribution in [0.15, 0.2) is 90.6 Å². The molecular formula is C26H26N2O3. The molecule has 0 saturated heterocycles. The van der Waals surface area contributed by atoms with Crippen LogP contribution in [0.2, 0.25) is 0 Å². The van der Waals surface area contributed by atoms with Gasteiger partial charge in [-0.15, -0.1) is 0 Å². The molecule has 0 bridgehead atoms. The van der Waals surface area contributed by atoms with E-state index in [4.69, 9.17) is 9.47 Å². The van der Waals surface area contributed by atoms with Crippen molar-refractivity contribution in [1.82, 2.24) is 10.3 Å². The molecule has 0 fully saturated rings. The highest BCUT2D eigenvalue weighted by Crippen LogP contribution is 2.24. The number of pyridine rings is 1. The molecule has 1 aromatic carbocycles. The van der Waals surface area contributed by atoms with Gasteiger partial charge >= 0.3 is 0 Å². The van der Waals surface area contributed by atoms with Crippen LogP contribution < -0.4 is 5.32 Å². The minimum Gasteiger partial charge on any atom is -0.464 e. The number of rotatable bonds is 6. The summed E-state index contributed by atoms with van der Waals surface area (Å²) < 4.78 is 11.1. The van der Waals surface area contributed by atoms with E-state index in [0.717, 1.165) is 24.1 Å². The van der Waals surface area contributed by atoms with Crippen molar-refractivity contribution in [3.63, 3.8) is 0 Å². The lowest BCUT2D eigenvalue weighted by atomic mass is 10.0. The molecule has 5 nitrogen and oxygen atoms in total. The third-order valence-electron chi connectivity index (χ3n) is 5.25. The number of carbonyl (C=O) groups excluding carboxylic acids is 1. The largest absolute Gasteiger partial charge is 0.464 e. The predicted molar refractivity (Wildman–Crippen MR) is 121 cm³/mol. The summed E-state index contributed by atoms with van der Waals surface area (Å²) >= 11 is 0. The summed E-state index contributed by atoms with van der Waals surface area (Å²) in [6.07, 6.45) is 13.5. The van der Waals surface area contributed by atoms with Crippen LogP contribution in [0.25, 0.3) is 11.3 Å². The molecule has 2 heterocycles. The maximum atomic E-state index is 12.6. The second kappa shape index (κ2) is 9.47. The van der Waals surface area contributed by atoms with Crippen LogP contribution in [0.5, 0.6) is 0 Å². The quantitative estimate of drug-likeness (QED) is 0.634. The number of ether oxygens (including phenoxy) is 2. The van der Waals surface area contributed by atoms with E-state index in [1.165, 1.54) is 17.4 Å². The second-order valence-electron chi connectivity index (χ2n) is 7.94. The van der Waals surface area contributed by atoms with E-state index in [1.807, 2.05) is 6.07 Å². The highest BCUT2D eigenvalue weighted by Gasteiger charge is 2.16. The molecule has 0 spiro atoms. The molecule has 158 valence electrons. The Balaban J connectivity index is 1.36. The first kappa shape index (κ1) is 20.7. The molecule has 1 amide bonds. The SMILES string of the molecule is CC(C)c1ccc(-c2ccc(C(=O)NC3=COC=C(CC4=CC=CCC4)O3)cn2)cc1. The van der Waals surface area contributed by atoms with Crippen molar-refractivity contribution in [2.45, 2.75) is 39.0 Å². The lowest BCUT2D eigenvalue weighted by Crippen LogP contribution is -2.25. The number of hydrogen-bond acceptors (Lipinski definition) is 4. The molecule has 1 N–H and O–H groups in total. The van der Waals surface area contributed by atoms with Gasteiger partial charge in [-0.25, -0.2) is 0 Å². The number of nitrogens with one attached hydrogen (secondary N) is 1. The van der Waals surface area contributed by atoms with Crippen LogP contribution in [0, 0.1) is 0 Å². The highest BCUT2D eigenvalue weighted by molar-refractivity contribution is 5.95. The lowest BCUT2D eigenvalue weighted by Gasteiger charge is -2.18. The average Bonchev–Trinajstić information content (AvgIpc) is 2.80. The smallest absolute Gasteiger partial charge is 0.259 e. The average molecular weight is 415 g/mol. The summed E-state index contributed by atoms with van der Waals surface area (Å²) in [6, 6.07) is 11.9. The first-order valence-corrected chi connectivity index (χ1v) is 10.5. The Morgan fingerprint density at radius 2 is 1.97 bits per heavy atom. The number of carbonyl (C=O) groups is 1. The molecule has 4 rings (SSSR count). The Labute approximate surface area is 182 Å². The second-order valence-corrected chi connectivity index (χ2v) is 7.94. The van der Waals surface area contributed by atoms with Gasteiger partial charge < -0.3 is 9.47 Å². The summed E-state index contributed by atoms with van der Waals surface area (Å²) in [5.41, 5.74) is 4.84. The Bertz CT molecular complexity index is 1060. The maximum absolute atomic E-state index is 12.6. The number of aromatic nitrogens is 1. The van der Waals surface area contributed by atoms with Crippen molar-refractivity contribution in [3.05, 3.63) is 102 Å². The van der Waals surface area contributed by atoms with Gasteiger partial charge in [-0.3, -0.25) is 15.1 Å². The van der Waals surface area contributed by atoms with E-state index in [0.29, 0.717) is 23.7 Å². The fraction of sp³-hybridized carbons (Fsp3) is 0.231. The highest BCUT2D eigenvalue weighted by atomic mass is 16.6. The fourth-order valence-corrected chi connectivity index (χ4v) is 3.44. The minimum absolute atomic E-state index is 0.266. The topological polar surface area (TPSA) is 60.5 Å². The van der Waals surface area contributed by atoms with Crippen molar-refractivity contribution in [1.29, 1.82) is 0 Å². The molecule has 31 heavy (non-hydrogen) atoms. The molecule has 0 saturated carbocycles. The molecule has 0 radical (unpaired) electrons. The molecule has 0 atom stereocenters. The third-order valence-corrected chi connectivity index (χ3v) is 5.25. The van der Waals surface area contributed by atoms with Crippen LogP contribution in [0.3, 0.4) is 0 Å². The molecule has 2 aliphatic rings. The molecular weight excluding hydrogens is 388 g/mol. The van der Waals surface area contributed by atoms with Crippen LogP contribution in [0.1, 0.15) is 54.9 Å². The van der Waals surface area contributed by atoms with Crippen molar-refractivity contribution in [2.24, 2.45) is 0 Å². The Morgan fingerprint density at radius 3 is 2.65 bits per heavy atom. The minimum atomic E-state index is -0.301. The lowest BCUT2D eigenvalue weighted by molar-refractivity contribution is 0.0922. The van der Waals surface area contributed by atoms with Gasteiger partial charge in [0.05, 0.1) is 11.3 Å². The predicted octanol–water partition coefficient (Wildman–Crippen LogP) is 5.96. The van der Waals surface area contributed by atoms with E-state index in [9.17, 15) is 4.79 Å². The van der Waals surface area contributed by atoms with Gasteiger partial charge in [-0.05, 0) is 36.5 Å². The van der Waals surface area contributed by atoms with Crippen LogP contribution in [-0.4, -0.2) is 10.9 Å². The molecule has 5 heteroatoms. The molecule has 0 unspecified atom stereocenters. The summed E-state index contributed by atoms with van der Waals surface area (Å²) in [7, 11) is 0. The van der Waals surface area contributed by atoms with Gasteiger partial charge in [0.15, 0.2) is 6.26 Å². The molecule has 1 aliphatic heterocycles. The molecule has 1 aliphatic carbocycles. The van der Waals surface area contributed by atoms with Crippen molar-refractivity contribution in [3.8, 4) is 11.3 Å². The summed E-state index contributed by atoms with van der Waals surface area (Å²) in [4.78, 5) is 17.1. The van der Waals surface area contributed by atoms with Gasteiger partial charge in [-0.2, -0.15) is 0 Å². The first-order chi connectivity index (χ1) is 15.1. The Kier molecular flexibility index (Phi) is 6.32. The summed E-state index contributed by atoms with van der Waals surface area (Å²) in [5, 5.41) is 2.74. The van der Waals surface area contributed by atoms with Crippen LogP contribution in [-0.2, 0) is 9.47 Å². The Morgan fingerprint density at radius 1 is 1.13 bits per heavy atom. The zero-order chi connectivity index (χ0) is 21.6. The van der Waals surface area contributed by atoms with Crippen molar-refractivity contribution in [2.75, 3.05) is 0 Å². The number of benzene rings is 1. The van der Waals surface area contributed by atoms with E-state index in [1.54, 1.807) is 18.5 Å². The number of amides is 1. The van der Waals surface area contributed by atoms with Gasteiger partial charge in [0.1, 0.15) is 12.0 Å². The summed E-state index contributed by atoms with van der Waals surface area (Å²) in [5.74, 6) is 1.12. The van der Waals surface area contributed by atoms with E-state index < -0.39 is 0 Å². The first-order valence-electron chi connectivity index (χ1n) is 10.5. The van der Waals surface area contributed by atoms with E-state index in [2.05, 4.69) is 66.6 Å². The number of hydrogen-bond donors (Lipinski definition) is 1. The summed E-state index contributed by atoms with van der Waals surface area (Å²) in [6.45, 7) is 4.33. The molecule has 1 aromatic heterocycles. The van der Waals surface area contributed by atoms with Crippen molar-refractivity contribution < 1.29 is 14.3 Å². The standard InChI is InChI=1S/C26H26N2O3/c1-18(2)20-8-10-21(11-9-20)24-13-12-22(15-27-24)26(29)28-25-17-30-16-23(31-25)14-19-6-4-3-5-7-19/h3-4,6,8-13,15-18H,5,7,14H2,1-2H3,(H,28,29). The number of nitrogens with zero attached hydrogens (tertiary/aromatic N) is 1. The van der Waals surface area contributed by atoms with Gasteiger partial charge in [0.25, 0.3) is 5.91 Å².